The monoisotopic (exact) mass is 380 g/mol. The van der Waals surface area contributed by atoms with Gasteiger partial charge in [0, 0.05) is 10.4 Å². The van der Waals surface area contributed by atoms with E-state index >= 15 is 0 Å². The Morgan fingerprint density at radius 2 is 1.88 bits per heavy atom. The molecule has 1 atom stereocenters. The van der Waals surface area contributed by atoms with Gasteiger partial charge < -0.3 is 20.7 Å². The van der Waals surface area contributed by atoms with Gasteiger partial charge in [0.05, 0.1) is 16.5 Å². The van der Waals surface area contributed by atoms with Crippen molar-refractivity contribution in [3.05, 3.63) is 33.8 Å². The van der Waals surface area contributed by atoms with Gasteiger partial charge >= 0.3 is 7.12 Å². The van der Waals surface area contributed by atoms with Crippen LogP contribution in [-0.4, -0.2) is 56.0 Å². The summed E-state index contributed by atoms with van der Waals surface area (Å²) in [5.74, 6) is -2.72. The summed E-state index contributed by atoms with van der Waals surface area (Å²) in [5.41, 5.74) is -0.0110. The summed E-state index contributed by atoms with van der Waals surface area (Å²) in [4.78, 5) is 24.5. The SMILES string of the molecule is [B]C([B])(NC(=O)c1cc(Cl)ccc1Cl)C(=O)N[C@@H](CC(C)C)B(O)O. The van der Waals surface area contributed by atoms with Crippen molar-refractivity contribution < 1.29 is 19.6 Å². The quantitative estimate of drug-likeness (QED) is 0.510. The predicted molar refractivity (Wildman–Crippen MR) is 99.7 cm³/mol. The Balaban J connectivity index is 2.86. The van der Waals surface area contributed by atoms with Gasteiger partial charge in [-0.2, -0.15) is 0 Å². The van der Waals surface area contributed by atoms with Crippen LogP contribution in [0.15, 0.2) is 18.2 Å². The molecule has 11 heteroatoms. The first-order chi connectivity index (χ1) is 11.4. The Hall–Kier alpha value is -1.15. The van der Waals surface area contributed by atoms with Crippen molar-refractivity contribution in [3.8, 4) is 0 Å². The van der Waals surface area contributed by atoms with Gasteiger partial charge in [-0.3, -0.25) is 9.59 Å². The first kappa shape index (κ1) is 21.9. The third-order valence-electron chi connectivity index (χ3n) is 3.27. The van der Waals surface area contributed by atoms with Crippen LogP contribution in [0.5, 0.6) is 0 Å². The van der Waals surface area contributed by atoms with E-state index in [1.54, 1.807) is 0 Å². The smallest absolute Gasteiger partial charge is 0.426 e. The Morgan fingerprint density at radius 1 is 1.28 bits per heavy atom. The number of hydrogen-bond acceptors (Lipinski definition) is 4. The summed E-state index contributed by atoms with van der Waals surface area (Å²) in [6.45, 7) is 3.67. The number of rotatable bonds is 7. The average Bonchev–Trinajstić information content (AvgIpc) is 2.47. The van der Waals surface area contributed by atoms with Crippen LogP contribution in [0.3, 0.4) is 0 Å². The van der Waals surface area contributed by atoms with E-state index in [4.69, 9.17) is 38.9 Å². The molecule has 4 N–H and O–H groups in total. The molecule has 0 unspecified atom stereocenters. The molecule has 0 fully saturated rings. The van der Waals surface area contributed by atoms with E-state index in [1.165, 1.54) is 18.2 Å². The fraction of sp³-hybridized carbons (Fsp3) is 0.429. The molecular weight excluding hydrogens is 364 g/mol. The molecule has 0 aliphatic rings. The number of halogens is 2. The lowest BCUT2D eigenvalue weighted by Gasteiger charge is -2.30. The highest BCUT2D eigenvalue weighted by molar-refractivity contribution is 6.53. The predicted octanol–water partition coefficient (Wildman–Crippen LogP) is 0.257. The molecule has 0 aliphatic carbocycles. The molecule has 0 aliphatic heterocycles. The zero-order valence-corrected chi connectivity index (χ0v) is 15.3. The van der Waals surface area contributed by atoms with Crippen molar-refractivity contribution >= 4 is 57.8 Å². The van der Waals surface area contributed by atoms with E-state index in [9.17, 15) is 19.6 Å². The highest BCUT2D eigenvalue weighted by Gasteiger charge is 2.34. The van der Waals surface area contributed by atoms with Gasteiger partial charge in [0.2, 0.25) is 5.91 Å². The van der Waals surface area contributed by atoms with Crippen molar-refractivity contribution in [2.45, 2.75) is 31.5 Å². The van der Waals surface area contributed by atoms with Crippen LogP contribution in [0.25, 0.3) is 0 Å². The minimum absolute atomic E-state index is 0.0110. The molecular formula is C14H17B3Cl2N2O4. The number of hydrogen-bond donors (Lipinski definition) is 4. The summed E-state index contributed by atoms with van der Waals surface area (Å²) in [7, 11) is 9.52. The number of benzene rings is 1. The molecule has 1 aromatic carbocycles. The van der Waals surface area contributed by atoms with Crippen molar-refractivity contribution in [3.63, 3.8) is 0 Å². The molecule has 0 heterocycles. The lowest BCUT2D eigenvalue weighted by atomic mass is 9.60. The molecule has 25 heavy (non-hydrogen) atoms. The van der Waals surface area contributed by atoms with Gasteiger partial charge in [0.1, 0.15) is 15.7 Å². The fourth-order valence-electron chi connectivity index (χ4n) is 2.03. The highest BCUT2D eigenvalue weighted by Crippen LogP contribution is 2.21. The molecule has 2 amide bonds. The van der Waals surface area contributed by atoms with E-state index in [0.29, 0.717) is 0 Å². The molecule has 0 bridgehead atoms. The van der Waals surface area contributed by atoms with Gasteiger partial charge in [-0.25, -0.2) is 0 Å². The van der Waals surface area contributed by atoms with Gasteiger partial charge in [-0.1, -0.05) is 37.0 Å². The topological polar surface area (TPSA) is 98.7 Å². The zero-order valence-electron chi connectivity index (χ0n) is 13.8. The maximum atomic E-state index is 12.2. The zero-order chi connectivity index (χ0) is 19.4. The third-order valence-corrected chi connectivity index (χ3v) is 3.84. The second-order valence-corrected chi connectivity index (χ2v) is 6.91. The van der Waals surface area contributed by atoms with Crippen LogP contribution in [0.1, 0.15) is 30.6 Å². The first-order valence-corrected chi connectivity index (χ1v) is 8.22. The van der Waals surface area contributed by atoms with Crippen LogP contribution in [0, 0.1) is 5.92 Å². The summed E-state index contributed by atoms with van der Waals surface area (Å²) < 4.78 is 0. The Labute approximate surface area is 159 Å². The van der Waals surface area contributed by atoms with E-state index < -0.39 is 30.2 Å². The third kappa shape index (κ3) is 6.58. The normalized spacial score (nSPS) is 12.6. The molecule has 1 aromatic rings. The summed E-state index contributed by atoms with van der Waals surface area (Å²) in [6.07, 6.45) is 0.271. The molecule has 0 saturated heterocycles. The second kappa shape index (κ2) is 8.99. The lowest BCUT2D eigenvalue weighted by Crippen LogP contribution is -2.63. The van der Waals surface area contributed by atoms with Gasteiger partial charge in [-0.05, 0) is 30.5 Å². The second-order valence-electron chi connectivity index (χ2n) is 6.07. The van der Waals surface area contributed by atoms with Crippen LogP contribution >= 0.6 is 23.2 Å². The number of carbonyl (C=O) groups excluding carboxylic acids is 2. The Kier molecular flexibility index (Phi) is 7.87. The summed E-state index contributed by atoms with van der Waals surface area (Å²) in [6, 6.07) is 4.20. The molecule has 0 spiro atoms. The van der Waals surface area contributed by atoms with Crippen LogP contribution in [0.4, 0.5) is 0 Å². The summed E-state index contributed by atoms with van der Waals surface area (Å²) >= 11 is 11.7. The van der Waals surface area contributed by atoms with Gasteiger partial charge in [0.25, 0.3) is 5.91 Å². The minimum Gasteiger partial charge on any atom is -0.426 e. The molecule has 130 valence electrons. The van der Waals surface area contributed by atoms with Crippen LogP contribution in [0.2, 0.25) is 10.0 Å². The molecule has 4 radical (unpaired) electrons. The number of amides is 2. The molecule has 1 rings (SSSR count). The van der Waals surface area contributed by atoms with E-state index in [2.05, 4.69) is 10.6 Å². The standard InChI is InChI=1S/C14H17B3Cl2N2O4/c1-7(2)5-11(17(24)25)20-13(23)14(15,16)21-12(22)9-6-8(18)3-4-10(9)19/h3-4,6-7,11,24-25H,5H2,1-2H3,(H,20,23)(H,21,22)/t11-/m0/s1. The van der Waals surface area contributed by atoms with E-state index in [0.717, 1.165) is 0 Å². The number of nitrogens with one attached hydrogen (secondary N) is 2. The fourth-order valence-corrected chi connectivity index (χ4v) is 2.41. The summed E-state index contributed by atoms with van der Waals surface area (Å²) in [5, 5.41) is 21.2. The molecule has 0 saturated carbocycles. The molecule has 6 nitrogen and oxygen atoms in total. The lowest BCUT2D eigenvalue weighted by molar-refractivity contribution is -0.122. The van der Waals surface area contributed by atoms with Gasteiger partial charge in [-0.15, -0.1) is 0 Å². The van der Waals surface area contributed by atoms with Crippen molar-refractivity contribution in [1.82, 2.24) is 10.6 Å². The Bertz CT molecular complexity index is 645. The Morgan fingerprint density at radius 3 is 2.40 bits per heavy atom. The van der Waals surface area contributed by atoms with Crippen LogP contribution < -0.4 is 10.6 Å². The minimum atomic E-state index is -2.30. The van der Waals surface area contributed by atoms with E-state index in [-0.39, 0.29) is 27.9 Å². The van der Waals surface area contributed by atoms with E-state index in [1.807, 2.05) is 13.8 Å². The molecule has 0 aromatic heterocycles. The van der Waals surface area contributed by atoms with Crippen LogP contribution in [-0.2, 0) is 4.79 Å². The number of carbonyl (C=O) groups is 2. The maximum Gasteiger partial charge on any atom is 0.475 e. The average molecular weight is 381 g/mol. The van der Waals surface area contributed by atoms with Gasteiger partial charge in [0.15, 0.2) is 0 Å². The van der Waals surface area contributed by atoms with Crippen molar-refractivity contribution in [1.29, 1.82) is 0 Å². The van der Waals surface area contributed by atoms with Crippen molar-refractivity contribution in [2.75, 3.05) is 0 Å². The maximum absolute atomic E-state index is 12.2. The van der Waals surface area contributed by atoms with Crippen molar-refractivity contribution in [2.24, 2.45) is 5.92 Å². The first-order valence-electron chi connectivity index (χ1n) is 7.46. The highest BCUT2D eigenvalue weighted by atomic mass is 35.5. The largest absolute Gasteiger partial charge is 0.475 e.